The van der Waals surface area contributed by atoms with Gasteiger partial charge in [-0.05, 0) is 37.1 Å². The largest absolute Gasteiger partial charge is 0.507 e. The van der Waals surface area contributed by atoms with E-state index < -0.39 is 0 Å². The zero-order valence-electron chi connectivity index (χ0n) is 13.2. The van der Waals surface area contributed by atoms with E-state index in [4.69, 9.17) is 0 Å². The topological polar surface area (TPSA) is 84.8 Å². The molecule has 0 aromatic heterocycles. The second kappa shape index (κ2) is 7.30. The summed E-state index contributed by atoms with van der Waals surface area (Å²) in [4.78, 5) is 0. The van der Waals surface area contributed by atoms with Crippen LogP contribution in [0.3, 0.4) is 0 Å². The number of halogens is 1. The number of phenolic OH excluding ortho intramolecular Hbond substituents is 3. The van der Waals surface area contributed by atoms with Crippen LogP contribution in [-0.4, -0.2) is 22.0 Å². The third kappa shape index (κ3) is 3.91. The molecule has 6 heteroatoms. The van der Waals surface area contributed by atoms with Gasteiger partial charge in [-0.15, -0.1) is 0 Å². The van der Waals surface area contributed by atoms with Gasteiger partial charge in [-0.2, -0.15) is 0 Å². The normalized spacial score (nSPS) is 10.9. The van der Waals surface area contributed by atoms with Crippen LogP contribution in [0.1, 0.15) is 22.3 Å². The smallest absolute Gasteiger partial charge is 0.164 e. The standard InChI is InChI=1S/C17H21FN2O3/c1-10-14(17(23)16(22)11(2)15(10)21)8-20-9-19-7-12-3-5-13(18)6-4-12/h3-6,19-23H,7-9H2,1-2H3. The van der Waals surface area contributed by atoms with E-state index in [-0.39, 0.29) is 35.2 Å². The lowest BCUT2D eigenvalue weighted by Crippen LogP contribution is -2.28. The highest BCUT2D eigenvalue weighted by atomic mass is 19.1. The zero-order chi connectivity index (χ0) is 17.0. The first-order valence-electron chi connectivity index (χ1n) is 7.30. The average Bonchev–Trinajstić information content (AvgIpc) is 2.55. The van der Waals surface area contributed by atoms with Gasteiger partial charge in [0.15, 0.2) is 11.5 Å². The Kier molecular flexibility index (Phi) is 5.41. The summed E-state index contributed by atoms with van der Waals surface area (Å²) >= 11 is 0. The van der Waals surface area contributed by atoms with E-state index in [0.717, 1.165) is 5.56 Å². The molecule has 0 aliphatic rings. The lowest BCUT2D eigenvalue weighted by Gasteiger charge is -2.15. The number of phenols is 3. The van der Waals surface area contributed by atoms with Crippen molar-refractivity contribution in [2.75, 3.05) is 6.67 Å². The molecule has 0 radical (unpaired) electrons. The molecule has 2 rings (SSSR count). The fourth-order valence-corrected chi connectivity index (χ4v) is 2.34. The Labute approximate surface area is 134 Å². The molecule has 0 aliphatic carbocycles. The fraction of sp³-hybridized carbons (Fsp3) is 0.294. The van der Waals surface area contributed by atoms with Crippen molar-refractivity contribution in [3.63, 3.8) is 0 Å². The first-order valence-corrected chi connectivity index (χ1v) is 7.30. The van der Waals surface area contributed by atoms with Gasteiger partial charge in [-0.25, -0.2) is 4.39 Å². The summed E-state index contributed by atoms with van der Waals surface area (Å²) in [6.45, 7) is 4.53. The molecule has 0 spiro atoms. The summed E-state index contributed by atoms with van der Waals surface area (Å²) in [6, 6.07) is 6.22. The van der Waals surface area contributed by atoms with Crippen molar-refractivity contribution in [2.45, 2.75) is 26.9 Å². The van der Waals surface area contributed by atoms with Crippen molar-refractivity contribution in [3.8, 4) is 17.2 Å². The maximum Gasteiger partial charge on any atom is 0.164 e. The first-order chi connectivity index (χ1) is 10.9. The Bertz CT molecular complexity index is 658. The molecule has 0 heterocycles. The number of hydrogen-bond donors (Lipinski definition) is 5. The van der Waals surface area contributed by atoms with Crippen LogP contribution >= 0.6 is 0 Å². The molecule has 0 aliphatic heterocycles. The quantitative estimate of drug-likeness (QED) is 0.244. The molecule has 0 unspecified atom stereocenters. The Hall–Kier alpha value is -2.31. The predicted octanol–water partition coefficient (Wildman–Crippen LogP) is 2.40. The number of benzene rings is 2. The Morgan fingerprint density at radius 2 is 1.43 bits per heavy atom. The monoisotopic (exact) mass is 320 g/mol. The van der Waals surface area contributed by atoms with Crippen LogP contribution in [0.15, 0.2) is 24.3 Å². The van der Waals surface area contributed by atoms with Gasteiger partial charge in [0.25, 0.3) is 0 Å². The van der Waals surface area contributed by atoms with Gasteiger partial charge >= 0.3 is 0 Å². The molecule has 0 fully saturated rings. The van der Waals surface area contributed by atoms with Gasteiger partial charge in [0.2, 0.25) is 0 Å². The van der Waals surface area contributed by atoms with Crippen LogP contribution in [0.25, 0.3) is 0 Å². The molecule has 2 aromatic carbocycles. The predicted molar refractivity (Wildman–Crippen MR) is 85.9 cm³/mol. The SMILES string of the molecule is Cc1c(O)c(C)c(CNCNCc2ccc(F)cc2)c(O)c1O. The third-order valence-corrected chi connectivity index (χ3v) is 3.82. The van der Waals surface area contributed by atoms with E-state index in [0.29, 0.717) is 24.3 Å². The van der Waals surface area contributed by atoms with Crippen LogP contribution < -0.4 is 10.6 Å². The summed E-state index contributed by atoms with van der Waals surface area (Å²) in [5.74, 6) is -0.804. The minimum absolute atomic E-state index is 0.0172. The van der Waals surface area contributed by atoms with Crippen LogP contribution in [0.2, 0.25) is 0 Å². The van der Waals surface area contributed by atoms with E-state index in [1.807, 2.05) is 0 Å². The minimum atomic E-state index is -0.302. The maximum atomic E-state index is 12.8. The van der Waals surface area contributed by atoms with E-state index in [2.05, 4.69) is 10.6 Å². The molecule has 0 amide bonds. The highest BCUT2D eigenvalue weighted by molar-refractivity contribution is 5.60. The average molecular weight is 320 g/mol. The lowest BCUT2D eigenvalue weighted by molar-refractivity contribution is 0.384. The Balaban J connectivity index is 1.88. The van der Waals surface area contributed by atoms with Gasteiger partial charge in [0.1, 0.15) is 11.6 Å². The molecular formula is C17H21FN2O3. The zero-order valence-corrected chi connectivity index (χ0v) is 13.2. The summed E-state index contributed by atoms with van der Waals surface area (Å²) in [5, 5.41) is 35.9. The van der Waals surface area contributed by atoms with Crippen molar-refractivity contribution < 1.29 is 19.7 Å². The molecule has 5 nitrogen and oxygen atoms in total. The molecule has 0 saturated heterocycles. The summed E-state index contributed by atoms with van der Waals surface area (Å²) in [7, 11) is 0. The van der Waals surface area contributed by atoms with E-state index >= 15 is 0 Å². The van der Waals surface area contributed by atoms with E-state index in [1.54, 1.807) is 26.0 Å². The highest BCUT2D eigenvalue weighted by Crippen LogP contribution is 2.41. The van der Waals surface area contributed by atoms with Crippen LogP contribution in [-0.2, 0) is 13.1 Å². The second-order valence-corrected chi connectivity index (χ2v) is 5.43. The van der Waals surface area contributed by atoms with Gasteiger partial charge in [-0.1, -0.05) is 12.1 Å². The van der Waals surface area contributed by atoms with Crippen molar-refractivity contribution in [1.82, 2.24) is 10.6 Å². The lowest BCUT2D eigenvalue weighted by atomic mass is 10.0. The molecule has 23 heavy (non-hydrogen) atoms. The van der Waals surface area contributed by atoms with Gasteiger partial charge in [-0.3, -0.25) is 0 Å². The molecule has 0 saturated carbocycles. The van der Waals surface area contributed by atoms with Crippen molar-refractivity contribution in [1.29, 1.82) is 0 Å². The number of aromatic hydroxyl groups is 3. The van der Waals surface area contributed by atoms with E-state index in [1.165, 1.54) is 12.1 Å². The molecule has 0 bridgehead atoms. The summed E-state index contributed by atoms with van der Waals surface area (Å²) in [5.41, 5.74) is 2.20. The molecule has 124 valence electrons. The van der Waals surface area contributed by atoms with Gasteiger partial charge in [0, 0.05) is 30.9 Å². The van der Waals surface area contributed by atoms with Crippen LogP contribution in [0, 0.1) is 19.7 Å². The summed E-state index contributed by atoms with van der Waals surface area (Å²) in [6.07, 6.45) is 0. The maximum absolute atomic E-state index is 12.8. The molecule has 2 aromatic rings. The van der Waals surface area contributed by atoms with Crippen molar-refractivity contribution in [3.05, 3.63) is 52.3 Å². The van der Waals surface area contributed by atoms with Crippen molar-refractivity contribution in [2.24, 2.45) is 0 Å². The Morgan fingerprint density at radius 3 is 2.09 bits per heavy atom. The summed E-state index contributed by atoms with van der Waals surface area (Å²) < 4.78 is 12.8. The third-order valence-electron chi connectivity index (χ3n) is 3.82. The molecule has 5 N–H and O–H groups in total. The van der Waals surface area contributed by atoms with E-state index in [9.17, 15) is 19.7 Å². The second-order valence-electron chi connectivity index (χ2n) is 5.43. The van der Waals surface area contributed by atoms with Crippen molar-refractivity contribution >= 4 is 0 Å². The van der Waals surface area contributed by atoms with Gasteiger partial charge < -0.3 is 26.0 Å². The number of rotatable bonds is 6. The highest BCUT2D eigenvalue weighted by Gasteiger charge is 2.17. The Morgan fingerprint density at radius 1 is 0.826 bits per heavy atom. The fourth-order valence-electron chi connectivity index (χ4n) is 2.34. The van der Waals surface area contributed by atoms with Gasteiger partial charge in [0.05, 0.1) is 0 Å². The number of nitrogens with one attached hydrogen (secondary N) is 2. The molecular weight excluding hydrogens is 299 g/mol. The molecule has 0 atom stereocenters. The minimum Gasteiger partial charge on any atom is -0.507 e. The first kappa shape index (κ1) is 17.1. The number of hydrogen-bond acceptors (Lipinski definition) is 5. The van der Waals surface area contributed by atoms with Crippen LogP contribution in [0.4, 0.5) is 4.39 Å². The van der Waals surface area contributed by atoms with Crippen LogP contribution in [0.5, 0.6) is 17.2 Å².